The second-order valence-corrected chi connectivity index (χ2v) is 8.18. The average Bonchev–Trinajstić information content (AvgIpc) is 2.29. The van der Waals surface area contributed by atoms with Gasteiger partial charge in [0.25, 0.3) is 0 Å². The lowest BCUT2D eigenvalue weighted by molar-refractivity contribution is -0.597. The van der Waals surface area contributed by atoms with Crippen molar-refractivity contribution < 1.29 is 21.2 Å². The van der Waals surface area contributed by atoms with E-state index in [0.717, 1.165) is 0 Å². The quantitative estimate of drug-likeness (QED) is 0.721. The van der Waals surface area contributed by atoms with E-state index in [1.807, 2.05) is 0 Å². The molecule has 88 valence electrons. The van der Waals surface area contributed by atoms with Gasteiger partial charge in [0.1, 0.15) is 0 Å². The highest BCUT2D eigenvalue weighted by molar-refractivity contribution is 5.22. The van der Waals surface area contributed by atoms with Crippen molar-refractivity contribution in [2.24, 2.45) is 0 Å². The normalized spacial score (nSPS) is 11.5. The van der Waals surface area contributed by atoms with E-state index < -0.39 is 0 Å². The standard InChI is InChI=1S/C16H18I/c1-16(2,3)13-8-7-11-15(12-13)17-14-9-5-4-6-10-14/h4-12H,1-3H3/q+1. The summed E-state index contributed by atoms with van der Waals surface area (Å²) >= 11 is -0.0364. The van der Waals surface area contributed by atoms with Gasteiger partial charge in [-0.25, -0.2) is 0 Å². The molecule has 0 amide bonds. The second-order valence-electron chi connectivity index (χ2n) is 5.15. The van der Waals surface area contributed by atoms with Crippen LogP contribution >= 0.6 is 0 Å². The maximum Gasteiger partial charge on any atom is 0.357 e. The van der Waals surface area contributed by atoms with Gasteiger partial charge in [-0.15, -0.1) is 0 Å². The molecule has 17 heavy (non-hydrogen) atoms. The summed E-state index contributed by atoms with van der Waals surface area (Å²) in [5, 5.41) is 0. The summed E-state index contributed by atoms with van der Waals surface area (Å²) in [4.78, 5) is 0. The molecular weight excluding hydrogens is 319 g/mol. The first kappa shape index (κ1) is 12.6. The Morgan fingerprint density at radius 3 is 2.06 bits per heavy atom. The number of benzene rings is 2. The molecule has 0 heterocycles. The summed E-state index contributed by atoms with van der Waals surface area (Å²) in [6.07, 6.45) is 0. The molecule has 0 N–H and O–H groups in total. The van der Waals surface area contributed by atoms with Crippen LogP contribution in [0.4, 0.5) is 0 Å². The molecule has 0 saturated carbocycles. The fourth-order valence-electron chi connectivity index (χ4n) is 1.62. The molecule has 0 fully saturated rings. The Morgan fingerprint density at radius 2 is 1.41 bits per heavy atom. The third-order valence-electron chi connectivity index (χ3n) is 2.64. The molecule has 2 rings (SSSR count). The minimum atomic E-state index is -0.0364. The zero-order valence-electron chi connectivity index (χ0n) is 10.6. The number of hydrogen-bond donors (Lipinski definition) is 0. The van der Waals surface area contributed by atoms with Crippen LogP contribution in [0.3, 0.4) is 0 Å². The molecule has 0 saturated heterocycles. The Hall–Kier alpha value is -0.830. The predicted molar refractivity (Wildman–Crippen MR) is 69.0 cm³/mol. The van der Waals surface area contributed by atoms with E-state index in [4.69, 9.17) is 0 Å². The molecule has 0 unspecified atom stereocenters. The highest BCUT2D eigenvalue weighted by Gasteiger charge is 2.19. The fraction of sp³-hybridized carbons (Fsp3) is 0.250. The van der Waals surface area contributed by atoms with Crippen LogP contribution < -0.4 is 21.2 Å². The lowest BCUT2D eigenvalue weighted by Gasteiger charge is -2.18. The highest BCUT2D eigenvalue weighted by Crippen LogP contribution is 2.20. The van der Waals surface area contributed by atoms with Crippen LogP contribution in [0.15, 0.2) is 54.6 Å². The van der Waals surface area contributed by atoms with E-state index in [1.54, 1.807) is 0 Å². The Bertz CT molecular complexity index is 480. The number of hydrogen-bond acceptors (Lipinski definition) is 0. The minimum absolute atomic E-state index is 0.0364. The van der Waals surface area contributed by atoms with Crippen LogP contribution in [0.5, 0.6) is 0 Å². The molecule has 1 heteroatoms. The Labute approximate surface area is 114 Å². The molecule has 0 aliphatic rings. The molecule has 0 aromatic heterocycles. The average molecular weight is 337 g/mol. The summed E-state index contributed by atoms with van der Waals surface area (Å²) in [5.74, 6) is 0. The smallest absolute Gasteiger partial charge is 0.0619 e. The van der Waals surface area contributed by atoms with Crippen LogP contribution in [-0.4, -0.2) is 0 Å². The Kier molecular flexibility index (Phi) is 3.87. The van der Waals surface area contributed by atoms with Gasteiger partial charge in [-0.3, -0.25) is 0 Å². The molecule has 0 spiro atoms. The van der Waals surface area contributed by atoms with Crippen LogP contribution in [0.1, 0.15) is 26.3 Å². The van der Waals surface area contributed by atoms with Crippen LogP contribution in [-0.2, 0) is 5.41 Å². The van der Waals surface area contributed by atoms with Gasteiger partial charge < -0.3 is 0 Å². The molecule has 0 atom stereocenters. The SMILES string of the molecule is CC(C)(C)c1cccc([I+]c2ccccc2)c1. The zero-order chi connectivity index (χ0) is 12.3. The van der Waals surface area contributed by atoms with Crippen molar-refractivity contribution in [3.8, 4) is 0 Å². The van der Waals surface area contributed by atoms with Crippen molar-refractivity contribution in [1.82, 2.24) is 0 Å². The lowest BCUT2D eigenvalue weighted by Crippen LogP contribution is -3.61. The zero-order valence-corrected chi connectivity index (χ0v) is 12.7. The fourth-order valence-corrected chi connectivity index (χ4v) is 3.99. The molecule has 0 aliphatic carbocycles. The first-order chi connectivity index (χ1) is 8.05. The van der Waals surface area contributed by atoms with E-state index in [9.17, 15) is 0 Å². The Balaban J connectivity index is 2.23. The van der Waals surface area contributed by atoms with E-state index in [0.29, 0.717) is 0 Å². The molecule has 0 bridgehead atoms. The topological polar surface area (TPSA) is 0 Å². The first-order valence-corrected chi connectivity index (χ1v) is 8.02. The number of rotatable bonds is 2. The summed E-state index contributed by atoms with van der Waals surface area (Å²) in [6.45, 7) is 6.81. The molecule has 0 radical (unpaired) electrons. The van der Waals surface area contributed by atoms with Crippen molar-refractivity contribution in [2.45, 2.75) is 26.2 Å². The summed E-state index contributed by atoms with van der Waals surface area (Å²) < 4.78 is 2.99. The number of halogens is 1. The van der Waals surface area contributed by atoms with Gasteiger partial charge in [-0.2, -0.15) is 0 Å². The van der Waals surface area contributed by atoms with Gasteiger partial charge in [0, 0.05) is 0 Å². The van der Waals surface area contributed by atoms with Gasteiger partial charge in [0.05, 0.1) is 0 Å². The van der Waals surface area contributed by atoms with Crippen LogP contribution in [0.2, 0.25) is 0 Å². The molecule has 0 aliphatic heterocycles. The highest BCUT2D eigenvalue weighted by atomic mass is 127. The van der Waals surface area contributed by atoms with Crippen molar-refractivity contribution in [3.63, 3.8) is 0 Å². The van der Waals surface area contributed by atoms with Crippen molar-refractivity contribution >= 4 is 0 Å². The third-order valence-corrected chi connectivity index (χ3v) is 5.28. The maximum absolute atomic E-state index is 2.38. The van der Waals surface area contributed by atoms with E-state index in [2.05, 4.69) is 75.4 Å². The Morgan fingerprint density at radius 1 is 0.765 bits per heavy atom. The maximum atomic E-state index is 2.38. The third kappa shape index (κ3) is 3.56. The lowest BCUT2D eigenvalue weighted by atomic mass is 9.87. The van der Waals surface area contributed by atoms with Crippen molar-refractivity contribution in [3.05, 3.63) is 67.3 Å². The summed E-state index contributed by atoms with van der Waals surface area (Å²) in [7, 11) is 0. The molecule has 2 aromatic carbocycles. The van der Waals surface area contributed by atoms with Gasteiger partial charge in [0.15, 0.2) is 7.14 Å². The molecule has 2 aromatic rings. The second kappa shape index (κ2) is 5.21. The first-order valence-electron chi connectivity index (χ1n) is 5.86. The van der Waals surface area contributed by atoms with E-state index in [-0.39, 0.29) is 26.6 Å². The van der Waals surface area contributed by atoms with E-state index in [1.165, 1.54) is 12.7 Å². The minimum Gasteiger partial charge on any atom is -0.0619 e. The molecule has 0 nitrogen and oxygen atoms in total. The van der Waals surface area contributed by atoms with Gasteiger partial charge in [0.2, 0.25) is 0 Å². The van der Waals surface area contributed by atoms with Gasteiger partial charge in [-0.05, 0) is 35.2 Å². The monoisotopic (exact) mass is 337 g/mol. The predicted octanol–water partition coefficient (Wildman–Crippen LogP) is 1.11. The summed E-state index contributed by atoms with van der Waals surface area (Å²) in [5.41, 5.74) is 1.68. The van der Waals surface area contributed by atoms with Gasteiger partial charge >= 0.3 is 21.2 Å². The van der Waals surface area contributed by atoms with Crippen LogP contribution in [0, 0.1) is 7.14 Å². The van der Waals surface area contributed by atoms with E-state index >= 15 is 0 Å². The van der Waals surface area contributed by atoms with Gasteiger partial charge in [-0.1, -0.05) is 51.1 Å². The molecular formula is C16H18I+. The largest absolute Gasteiger partial charge is 0.357 e. The van der Waals surface area contributed by atoms with Crippen molar-refractivity contribution in [1.29, 1.82) is 0 Å². The van der Waals surface area contributed by atoms with Crippen molar-refractivity contribution in [2.75, 3.05) is 0 Å². The summed E-state index contributed by atoms with van der Waals surface area (Å²) in [6, 6.07) is 19.9. The van der Waals surface area contributed by atoms with Crippen LogP contribution in [0.25, 0.3) is 0 Å².